The van der Waals surface area contributed by atoms with E-state index in [1.54, 1.807) is 11.3 Å². The van der Waals surface area contributed by atoms with Crippen LogP contribution in [0.4, 0.5) is 0 Å². The third kappa shape index (κ3) is 3.39. The molecule has 0 saturated carbocycles. The lowest BCUT2D eigenvalue weighted by molar-refractivity contribution is -0.135. The summed E-state index contributed by atoms with van der Waals surface area (Å²) in [5, 5.41) is 4.78. The van der Waals surface area contributed by atoms with Crippen molar-refractivity contribution < 1.29 is 9.59 Å². The zero-order valence-electron chi connectivity index (χ0n) is 12.3. The van der Waals surface area contributed by atoms with Crippen molar-refractivity contribution in [2.45, 2.75) is 39.7 Å². The average Bonchev–Trinajstić information content (AvgIpc) is 3.03. The highest BCUT2D eigenvalue weighted by Crippen LogP contribution is 2.34. The van der Waals surface area contributed by atoms with Gasteiger partial charge in [-0.3, -0.25) is 9.59 Å². The van der Waals surface area contributed by atoms with Crippen LogP contribution in [-0.2, 0) is 9.59 Å². The van der Waals surface area contributed by atoms with Gasteiger partial charge in [0, 0.05) is 16.8 Å². The van der Waals surface area contributed by atoms with Gasteiger partial charge in [0.05, 0.1) is 12.6 Å². The summed E-state index contributed by atoms with van der Waals surface area (Å²) in [7, 11) is 0. The summed E-state index contributed by atoms with van der Waals surface area (Å²) >= 11 is 1.69. The van der Waals surface area contributed by atoms with Crippen molar-refractivity contribution in [1.82, 2.24) is 10.2 Å². The summed E-state index contributed by atoms with van der Waals surface area (Å²) in [6.07, 6.45) is 2.04. The highest BCUT2D eigenvalue weighted by atomic mass is 32.1. The summed E-state index contributed by atoms with van der Waals surface area (Å²) in [4.78, 5) is 27.2. The van der Waals surface area contributed by atoms with E-state index < -0.39 is 5.41 Å². The average molecular weight is 294 g/mol. The molecule has 1 aliphatic heterocycles. The molecule has 1 fully saturated rings. The molecule has 5 heteroatoms. The number of rotatable bonds is 3. The topological polar surface area (TPSA) is 49.4 Å². The van der Waals surface area contributed by atoms with Crippen molar-refractivity contribution in [1.29, 1.82) is 0 Å². The molecule has 2 amide bonds. The highest BCUT2D eigenvalue weighted by Gasteiger charge is 2.31. The number of carbonyl (C=O) groups is 2. The molecule has 20 heavy (non-hydrogen) atoms. The van der Waals surface area contributed by atoms with Gasteiger partial charge >= 0.3 is 0 Å². The molecule has 0 aliphatic carbocycles. The maximum absolute atomic E-state index is 12.3. The lowest BCUT2D eigenvalue weighted by Gasteiger charge is -2.25. The van der Waals surface area contributed by atoms with E-state index in [9.17, 15) is 9.59 Å². The largest absolute Gasteiger partial charge is 0.347 e. The molecule has 1 aromatic heterocycles. The lowest BCUT2D eigenvalue weighted by Crippen LogP contribution is -2.43. The Morgan fingerprint density at radius 2 is 2.20 bits per heavy atom. The van der Waals surface area contributed by atoms with Crippen LogP contribution in [0.1, 0.15) is 44.5 Å². The first-order valence-corrected chi connectivity index (χ1v) is 7.89. The molecule has 0 spiro atoms. The second-order valence-corrected chi connectivity index (χ2v) is 7.17. The first kappa shape index (κ1) is 15.0. The van der Waals surface area contributed by atoms with Crippen molar-refractivity contribution in [3.8, 4) is 0 Å². The van der Waals surface area contributed by atoms with Crippen molar-refractivity contribution in [2.24, 2.45) is 5.41 Å². The standard InChI is InChI=1S/C15H22N2O2S/c1-15(2,3)14(19)16-10-13(18)17-8-4-6-11(17)12-7-5-9-20-12/h5,7,9,11H,4,6,8,10H2,1-3H3,(H,16,19). The van der Waals surface area contributed by atoms with Crippen LogP contribution >= 0.6 is 11.3 Å². The Morgan fingerprint density at radius 1 is 1.45 bits per heavy atom. The molecule has 1 atom stereocenters. The predicted octanol–water partition coefficient (Wildman–Crippen LogP) is 2.57. The molecule has 2 rings (SSSR count). The van der Waals surface area contributed by atoms with E-state index in [1.807, 2.05) is 37.1 Å². The van der Waals surface area contributed by atoms with Crippen molar-refractivity contribution in [3.63, 3.8) is 0 Å². The molecule has 4 nitrogen and oxygen atoms in total. The van der Waals surface area contributed by atoms with Gasteiger partial charge in [-0.2, -0.15) is 0 Å². The van der Waals surface area contributed by atoms with Crippen LogP contribution in [0, 0.1) is 5.41 Å². The molecule has 2 heterocycles. The van der Waals surface area contributed by atoms with Crippen LogP contribution in [0.2, 0.25) is 0 Å². The number of nitrogens with zero attached hydrogens (tertiary/aromatic N) is 1. The van der Waals surface area contributed by atoms with E-state index in [1.165, 1.54) is 4.88 Å². The SMILES string of the molecule is CC(C)(C)C(=O)NCC(=O)N1CCCC1c1cccs1. The van der Waals surface area contributed by atoms with E-state index in [0.717, 1.165) is 19.4 Å². The summed E-state index contributed by atoms with van der Waals surface area (Å²) in [5.74, 6) is -0.0729. The number of carbonyl (C=O) groups excluding carboxylic acids is 2. The van der Waals surface area contributed by atoms with E-state index in [-0.39, 0.29) is 24.4 Å². The van der Waals surface area contributed by atoms with Gasteiger partial charge in [0.15, 0.2) is 0 Å². The number of thiophene rings is 1. The maximum Gasteiger partial charge on any atom is 0.242 e. The fraction of sp³-hybridized carbons (Fsp3) is 0.600. The molecule has 110 valence electrons. The van der Waals surface area contributed by atoms with Gasteiger partial charge in [0.1, 0.15) is 0 Å². The van der Waals surface area contributed by atoms with Gasteiger partial charge < -0.3 is 10.2 Å². The van der Waals surface area contributed by atoms with E-state index in [0.29, 0.717) is 0 Å². The lowest BCUT2D eigenvalue weighted by atomic mass is 9.96. The Bertz CT molecular complexity index is 477. The monoisotopic (exact) mass is 294 g/mol. The number of hydrogen-bond donors (Lipinski definition) is 1. The summed E-state index contributed by atoms with van der Waals surface area (Å²) in [6.45, 7) is 6.41. The van der Waals surface area contributed by atoms with E-state index in [2.05, 4.69) is 11.4 Å². The minimum absolute atomic E-state index is 0.0125. The Labute approximate surface area is 124 Å². The van der Waals surface area contributed by atoms with Gasteiger partial charge in [0.2, 0.25) is 11.8 Å². The first-order chi connectivity index (χ1) is 9.39. The minimum atomic E-state index is -0.460. The molecule has 1 unspecified atom stereocenters. The number of nitrogens with one attached hydrogen (secondary N) is 1. The Hall–Kier alpha value is -1.36. The van der Waals surface area contributed by atoms with Crippen molar-refractivity contribution in [3.05, 3.63) is 22.4 Å². The summed E-state index contributed by atoms with van der Waals surface area (Å²) in [6, 6.07) is 4.28. The zero-order chi connectivity index (χ0) is 14.8. The molecule has 0 aromatic carbocycles. The van der Waals surface area contributed by atoms with Crippen LogP contribution in [0.3, 0.4) is 0 Å². The van der Waals surface area contributed by atoms with Crippen molar-refractivity contribution in [2.75, 3.05) is 13.1 Å². The zero-order valence-corrected chi connectivity index (χ0v) is 13.1. The van der Waals surface area contributed by atoms with E-state index >= 15 is 0 Å². The normalized spacial score (nSPS) is 19.1. The molecular weight excluding hydrogens is 272 g/mol. The quantitative estimate of drug-likeness (QED) is 0.931. The molecule has 0 radical (unpaired) electrons. The third-order valence-corrected chi connectivity index (χ3v) is 4.50. The van der Waals surface area contributed by atoms with Gasteiger partial charge in [-0.15, -0.1) is 11.3 Å². The number of likely N-dealkylation sites (tertiary alicyclic amines) is 1. The molecule has 1 aliphatic rings. The Morgan fingerprint density at radius 3 is 2.80 bits per heavy atom. The molecule has 0 bridgehead atoms. The number of amides is 2. The highest BCUT2D eigenvalue weighted by molar-refractivity contribution is 7.10. The maximum atomic E-state index is 12.3. The number of hydrogen-bond acceptors (Lipinski definition) is 3. The minimum Gasteiger partial charge on any atom is -0.347 e. The molecular formula is C15H22N2O2S. The van der Waals surface area contributed by atoms with Gasteiger partial charge in [-0.25, -0.2) is 0 Å². The van der Waals surface area contributed by atoms with Crippen LogP contribution < -0.4 is 5.32 Å². The Balaban J connectivity index is 1.94. The second kappa shape index (κ2) is 5.95. The predicted molar refractivity (Wildman–Crippen MR) is 80.5 cm³/mol. The van der Waals surface area contributed by atoms with E-state index in [4.69, 9.17) is 0 Å². The molecule has 1 saturated heterocycles. The molecule has 1 aromatic rings. The fourth-order valence-corrected chi connectivity index (χ4v) is 3.24. The van der Waals surface area contributed by atoms with Gasteiger partial charge in [-0.1, -0.05) is 26.8 Å². The van der Waals surface area contributed by atoms with Crippen LogP contribution in [0.25, 0.3) is 0 Å². The third-order valence-electron chi connectivity index (χ3n) is 3.53. The van der Waals surface area contributed by atoms with Crippen LogP contribution in [0.15, 0.2) is 17.5 Å². The second-order valence-electron chi connectivity index (χ2n) is 6.19. The summed E-state index contributed by atoms with van der Waals surface area (Å²) < 4.78 is 0. The first-order valence-electron chi connectivity index (χ1n) is 7.01. The van der Waals surface area contributed by atoms with Crippen LogP contribution in [0.5, 0.6) is 0 Å². The molecule has 1 N–H and O–H groups in total. The fourth-order valence-electron chi connectivity index (χ4n) is 2.36. The summed E-state index contributed by atoms with van der Waals surface area (Å²) in [5.41, 5.74) is -0.460. The smallest absolute Gasteiger partial charge is 0.242 e. The van der Waals surface area contributed by atoms with Crippen molar-refractivity contribution >= 4 is 23.2 Å². The van der Waals surface area contributed by atoms with Gasteiger partial charge in [-0.05, 0) is 24.3 Å². The van der Waals surface area contributed by atoms with Gasteiger partial charge in [0.25, 0.3) is 0 Å². The van der Waals surface area contributed by atoms with Crippen LogP contribution in [-0.4, -0.2) is 29.8 Å². The Kier molecular flexibility index (Phi) is 4.48.